The third-order valence-electron chi connectivity index (χ3n) is 9.51. The molecule has 4 saturated carbocycles. The fourth-order valence-electron chi connectivity index (χ4n) is 8.32. The summed E-state index contributed by atoms with van der Waals surface area (Å²) in [6.45, 7) is 11.5. The molecule has 4 aliphatic carbocycles. The minimum absolute atomic E-state index is 0.0336. The summed E-state index contributed by atoms with van der Waals surface area (Å²) in [4.78, 5) is 38.8. The van der Waals surface area contributed by atoms with Gasteiger partial charge in [0.25, 0.3) is 0 Å². The van der Waals surface area contributed by atoms with Gasteiger partial charge in [-0.1, -0.05) is 26.8 Å². The number of Topliss-reactive ketones (excluding diaryl/α,β-unsaturated/α-hetero) is 1. The predicted molar refractivity (Wildman–Crippen MR) is 123 cm³/mol. The zero-order chi connectivity index (χ0) is 25.2. The zero-order valence-electron chi connectivity index (χ0n) is 21.0. The zero-order valence-corrected chi connectivity index (χ0v) is 21.0. The summed E-state index contributed by atoms with van der Waals surface area (Å²) in [6.07, 6.45) is 1.08. The summed E-state index contributed by atoms with van der Waals surface area (Å²) in [5.74, 6) is -2.29. The van der Waals surface area contributed by atoms with Gasteiger partial charge in [-0.3, -0.25) is 14.4 Å². The van der Waals surface area contributed by atoms with E-state index in [1.54, 1.807) is 14.0 Å². The molecule has 4 rings (SSSR count). The van der Waals surface area contributed by atoms with Crippen LogP contribution in [0, 0.1) is 34.0 Å². The molecule has 4 aliphatic rings. The molecule has 9 atom stereocenters. The first-order valence-corrected chi connectivity index (χ1v) is 12.4. The normalized spacial score (nSPS) is 43.5. The molecule has 2 bridgehead atoms. The Labute approximate surface area is 201 Å². The molecule has 8 nitrogen and oxygen atoms in total. The number of ether oxygens (including phenoxy) is 3. The molecule has 0 heterocycles. The van der Waals surface area contributed by atoms with Crippen molar-refractivity contribution < 1.29 is 33.7 Å². The molecular weight excluding hydrogens is 438 g/mol. The van der Waals surface area contributed by atoms with Gasteiger partial charge in [0.1, 0.15) is 17.6 Å². The van der Waals surface area contributed by atoms with Crippen LogP contribution in [0.15, 0.2) is 12.2 Å². The monoisotopic (exact) mass is 477 g/mol. The number of fused-ring (bicyclic) bond motifs is 3. The number of hydrogen-bond donors (Lipinski definition) is 2. The Balaban J connectivity index is 1.94. The van der Waals surface area contributed by atoms with Crippen LogP contribution in [0.5, 0.6) is 0 Å². The van der Waals surface area contributed by atoms with E-state index in [0.717, 1.165) is 12.8 Å². The van der Waals surface area contributed by atoms with Gasteiger partial charge >= 0.3 is 11.9 Å². The highest BCUT2D eigenvalue weighted by molar-refractivity contribution is 6.05. The van der Waals surface area contributed by atoms with Crippen LogP contribution in [-0.4, -0.2) is 60.9 Å². The second kappa shape index (κ2) is 8.42. The Morgan fingerprint density at radius 1 is 1.26 bits per heavy atom. The van der Waals surface area contributed by atoms with E-state index in [-0.39, 0.29) is 30.1 Å². The second-order valence-corrected chi connectivity index (χ2v) is 11.7. The van der Waals surface area contributed by atoms with Crippen molar-refractivity contribution in [2.45, 2.75) is 84.2 Å². The van der Waals surface area contributed by atoms with Crippen molar-refractivity contribution in [1.82, 2.24) is 0 Å². The van der Waals surface area contributed by atoms with E-state index in [1.165, 1.54) is 6.92 Å². The number of nitrogens with two attached hydrogens (primary N) is 1. The van der Waals surface area contributed by atoms with Crippen molar-refractivity contribution in [3.05, 3.63) is 12.2 Å². The number of aliphatic hydroxyl groups is 1. The van der Waals surface area contributed by atoms with E-state index >= 15 is 0 Å². The van der Waals surface area contributed by atoms with E-state index in [0.29, 0.717) is 18.4 Å². The van der Waals surface area contributed by atoms with Gasteiger partial charge in [-0.2, -0.15) is 0 Å². The highest BCUT2D eigenvalue weighted by atomic mass is 16.6. The van der Waals surface area contributed by atoms with Crippen molar-refractivity contribution in [2.24, 2.45) is 39.7 Å². The van der Waals surface area contributed by atoms with Crippen LogP contribution >= 0.6 is 0 Å². The first kappa shape index (κ1) is 25.3. The summed E-state index contributed by atoms with van der Waals surface area (Å²) >= 11 is 0. The molecule has 0 aliphatic heterocycles. The molecule has 0 amide bonds. The Bertz CT molecular complexity index is 898. The maximum Gasteiger partial charge on any atom is 0.322 e. The molecule has 0 aromatic rings. The van der Waals surface area contributed by atoms with E-state index in [1.807, 2.05) is 0 Å². The van der Waals surface area contributed by atoms with Crippen molar-refractivity contribution in [2.75, 3.05) is 13.7 Å². The molecule has 190 valence electrons. The van der Waals surface area contributed by atoms with Gasteiger partial charge in [-0.05, 0) is 49.5 Å². The largest absolute Gasteiger partial charge is 0.465 e. The Morgan fingerprint density at radius 2 is 1.94 bits per heavy atom. The van der Waals surface area contributed by atoms with Gasteiger partial charge in [0.05, 0.1) is 18.8 Å². The van der Waals surface area contributed by atoms with Crippen LogP contribution in [-0.2, 0) is 28.6 Å². The van der Waals surface area contributed by atoms with E-state index < -0.39 is 59.0 Å². The third-order valence-corrected chi connectivity index (χ3v) is 9.51. The maximum absolute atomic E-state index is 14.1. The quantitative estimate of drug-likeness (QED) is 0.456. The lowest BCUT2D eigenvalue weighted by atomic mass is 9.39. The number of carbonyl (C=O) groups is 3. The van der Waals surface area contributed by atoms with Crippen LogP contribution in [0.2, 0.25) is 0 Å². The van der Waals surface area contributed by atoms with Crippen LogP contribution in [0.4, 0.5) is 0 Å². The molecule has 8 heteroatoms. The molecular formula is C26H39NO7. The lowest BCUT2D eigenvalue weighted by Gasteiger charge is -2.67. The van der Waals surface area contributed by atoms with Crippen LogP contribution < -0.4 is 5.73 Å². The molecule has 0 unspecified atom stereocenters. The second-order valence-electron chi connectivity index (χ2n) is 11.7. The Kier molecular flexibility index (Phi) is 6.27. The van der Waals surface area contributed by atoms with E-state index in [4.69, 9.17) is 19.9 Å². The van der Waals surface area contributed by atoms with Gasteiger partial charge in [-0.15, -0.1) is 0 Å². The number of rotatable bonds is 5. The van der Waals surface area contributed by atoms with Crippen LogP contribution in [0.1, 0.15) is 59.8 Å². The van der Waals surface area contributed by atoms with Crippen molar-refractivity contribution in [1.29, 1.82) is 0 Å². The molecule has 1 spiro atoms. The number of methoxy groups -OCH3 is 1. The average molecular weight is 478 g/mol. The van der Waals surface area contributed by atoms with Gasteiger partial charge in [-0.25, -0.2) is 0 Å². The number of carbonyl (C=O) groups excluding carboxylic acids is 3. The van der Waals surface area contributed by atoms with Crippen LogP contribution in [0.3, 0.4) is 0 Å². The summed E-state index contributed by atoms with van der Waals surface area (Å²) in [5, 5.41) is 11.7. The number of ketones is 1. The van der Waals surface area contributed by atoms with Crippen LogP contribution in [0.25, 0.3) is 0 Å². The first-order valence-electron chi connectivity index (χ1n) is 12.4. The third kappa shape index (κ3) is 3.32. The van der Waals surface area contributed by atoms with Crippen molar-refractivity contribution in [3.8, 4) is 0 Å². The van der Waals surface area contributed by atoms with Crippen molar-refractivity contribution >= 4 is 17.7 Å². The van der Waals surface area contributed by atoms with E-state index in [9.17, 15) is 19.5 Å². The summed E-state index contributed by atoms with van der Waals surface area (Å²) < 4.78 is 17.7. The fourth-order valence-corrected chi connectivity index (χ4v) is 8.32. The molecule has 0 saturated heterocycles. The molecule has 0 aromatic heterocycles. The predicted octanol–water partition coefficient (Wildman–Crippen LogP) is 2.16. The summed E-state index contributed by atoms with van der Waals surface area (Å²) in [5.41, 5.74) is 4.10. The Hall–Kier alpha value is -1.77. The number of esters is 2. The smallest absolute Gasteiger partial charge is 0.322 e. The number of hydrogen-bond acceptors (Lipinski definition) is 8. The first-order chi connectivity index (χ1) is 15.8. The molecule has 34 heavy (non-hydrogen) atoms. The van der Waals surface area contributed by atoms with Gasteiger partial charge in [0.15, 0.2) is 5.78 Å². The highest BCUT2D eigenvalue weighted by Gasteiger charge is 2.78. The average Bonchev–Trinajstić information content (AvgIpc) is 2.88. The fraction of sp³-hybridized carbons (Fsp3) is 0.808. The van der Waals surface area contributed by atoms with Gasteiger partial charge < -0.3 is 25.1 Å². The molecule has 0 radical (unpaired) electrons. The summed E-state index contributed by atoms with van der Waals surface area (Å²) in [7, 11) is 1.57. The van der Waals surface area contributed by atoms with Crippen molar-refractivity contribution in [3.63, 3.8) is 0 Å². The number of aliphatic hydroxyl groups excluding tert-OH is 1. The standard InChI is InChI=1S/C26H39NO7/c1-13-16-10-17(29)20-25(12-33-15(3)28)9-7-8-24(4,5)18(25)11-19(32-6)26(20,21(13)30)22(16)34-23(31)14(2)27/h14,16-20,22,29H,1,7-12,27H2,2-6H3/t14-,16-,17-,18+,19+,20-,22+,25-,26+/m0/s1. The highest BCUT2D eigenvalue weighted by Crippen LogP contribution is 2.72. The SMILES string of the molecule is C=C1C(=O)[C@]23[C@H](OC(=O)[C@H](C)N)[C@H]1C[C@H](O)[C@H]2[C@]1(COC(C)=O)CCCC(C)(C)[C@H]1C[C@H]3OC. The molecule has 0 aromatic carbocycles. The minimum atomic E-state index is -1.30. The minimum Gasteiger partial charge on any atom is -0.465 e. The molecule has 4 fully saturated rings. The summed E-state index contributed by atoms with van der Waals surface area (Å²) in [6, 6.07) is -0.856. The lowest BCUT2D eigenvalue weighted by molar-refractivity contribution is -0.272. The topological polar surface area (TPSA) is 125 Å². The molecule has 3 N–H and O–H groups in total. The Morgan fingerprint density at radius 3 is 2.53 bits per heavy atom. The lowest BCUT2D eigenvalue weighted by Crippen LogP contribution is -2.72. The van der Waals surface area contributed by atoms with Gasteiger partial charge in [0.2, 0.25) is 0 Å². The maximum atomic E-state index is 14.1. The van der Waals surface area contributed by atoms with E-state index in [2.05, 4.69) is 20.4 Å². The van der Waals surface area contributed by atoms with Gasteiger partial charge in [0, 0.05) is 31.3 Å².